The van der Waals surface area contributed by atoms with Crippen molar-refractivity contribution < 1.29 is 14.3 Å². The Labute approximate surface area is 144 Å². The second-order valence-electron chi connectivity index (χ2n) is 5.61. The molecule has 1 amide bonds. The zero-order valence-corrected chi connectivity index (χ0v) is 14.5. The van der Waals surface area contributed by atoms with Crippen LogP contribution in [0.4, 0.5) is 5.00 Å². The van der Waals surface area contributed by atoms with E-state index in [4.69, 9.17) is 4.74 Å². The van der Waals surface area contributed by atoms with Gasteiger partial charge in [0.05, 0.1) is 12.2 Å². The zero-order chi connectivity index (χ0) is 17.1. The Kier molecular flexibility index (Phi) is 4.92. The third kappa shape index (κ3) is 3.32. The lowest BCUT2D eigenvalue weighted by molar-refractivity contribution is 0.0526. The number of carbonyl (C=O) groups is 2. The predicted molar refractivity (Wildman–Crippen MR) is 92.5 cm³/mol. The Morgan fingerprint density at radius 3 is 2.83 bits per heavy atom. The Balaban J connectivity index is 1.94. The highest BCUT2D eigenvalue weighted by Gasteiger charge is 2.28. The van der Waals surface area contributed by atoms with Crippen LogP contribution in [0, 0.1) is 0 Å². The highest BCUT2D eigenvalue weighted by atomic mass is 32.1. The summed E-state index contributed by atoms with van der Waals surface area (Å²) in [5, 5.41) is 3.44. The summed E-state index contributed by atoms with van der Waals surface area (Å²) >= 11 is 1.45. The molecule has 2 aromatic rings. The Bertz CT molecular complexity index is 758. The molecule has 24 heavy (non-hydrogen) atoms. The van der Waals surface area contributed by atoms with Gasteiger partial charge in [-0.1, -0.05) is 0 Å². The Hall–Kier alpha value is -2.25. The van der Waals surface area contributed by atoms with Crippen LogP contribution in [-0.4, -0.2) is 42.0 Å². The first-order valence-electron chi connectivity index (χ1n) is 7.81. The van der Waals surface area contributed by atoms with Crippen molar-refractivity contribution in [3.05, 3.63) is 46.1 Å². The first-order chi connectivity index (χ1) is 11.6. The average molecular weight is 345 g/mol. The number of ether oxygens (including phenoxy) is 1. The summed E-state index contributed by atoms with van der Waals surface area (Å²) in [5.41, 5.74) is 2.01. The van der Waals surface area contributed by atoms with Crippen LogP contribution in [0.15, 0.2) is 24.5 Å². The third-order valence-corrected chi connectivity index (χ3v) is 5.03. The van der Waals surface area contributed by atoms with Gasteiger partial charge in [-0.2, -0.15) is 0 Å². The second kappa shape index (κ2) is 7.11. The highest BCUT2D eigenvalue weighted by molar-refractivity contribution is 7.17. The van der Waals surface area contributed by atoms with E-state index >= 15 is 0 Å². The molecule has 0 saturated carbocycles. The fraction of sp³-hybridized carbons (Fsp3) is 0.353. The number of esters is 1. The molecule has 126 valence electrons. The number of hydrogen-bond donors (Lipinski definition) is 1. The van der Waals surface area contributed by atoms with Gasteiger partial charge in [-0.3, -0.25) is 9.78 Å². The number of fused-ring (bicyclic) bond motifs is 1. The van der Waals surface area contributed by atoms with E-state index in [0.717, 1.165) is 30.0 Å². The maximum atomic E-state index is 12.4. The van der Waals surface area contributed by atoms with Crippen LogP contribution >= 0.6 is 11.3 Å². The summed E-state index contributed by atoms with van der Waals surface area (Å²) < 4.78 is 5.20. The van der Waals surface area contributed by atoms with Crippen molar-refractivity contribution in [2.24, 2.45) is 0 Å². The van der Waals surface area contributed by atoms with Gasteiger partial charge in [0.25, 0.3) is 5.91 Å². The van der Waals surface area contributed by atoms with Crippen LogP contribution in [0.3, 0.4) is 0 Å². The van der Waals surface area contributed by atoms with Crippen LogP contribution in [0.5, 0.6) is 0 Å². The molecule has 0 aliphatic carbocycles. The first kappa shape index (κ1) is 16.6. The van der Waals surface area contributed by atoms with Gasteiger partial charge in [0.15, 0.2) is 0 Å². The number of thiophene rings is 1. The molecular weight excluding hydrogens is 326 g/mol. The van der Waals surface area contributed by atoms with E-state index in [2.05, 4.69) is 15.2 Å². The number of rotatable bonds is 4. The van der Waals surface area contributed by atoms with Gasteiger partial charge in [-0.25, -0.2) is 4.79 Å². The molecule has 1 aliphatic rings. The molecule has 3 heterocycles. The van der Waals surface area contributed by atoms with E-state index in [9.17, 15) is 9.59 Å². The largest absolute Gasteiger partial charge is 0.462 e. The molecule has 0 atom stereocenters. The summed E-state index contributed by atoms with van der Waals surface area (Å²) in [7, 11) is 2.04. The summed E-state index contributed by atoms with van der Waals surface area (Å²) in [5.74, 6) is -0.625. The minimum Gasteiger partial charge on any atom is -0.462 e. The van der Waals surface area contributed by atoms with E-state index < -0.39 is 0 Å². The van der Waals surface area contributed by atoms with E-state index in [1.54, 1.807) is 31.5 Å². The SMILES string of the molecule is CCOC(=O)c1c(NC(=O)c2ccncc2)sc2c1CCN(C)C2. The van der Waals surface area contributed by atoms with Crippen LogP contribution in [-0.2, 0) is 17.7 Å². The molecule has 7 heteroatoms. The third-order valence-electron chi connectivity index (χ3n) is 3.90. The van der Waals surface area contributed by atoms with Crippen molar-refractivity contribution in [1.82, 2.24) is 9.88 Å². The van der Waals surface area contributed by atoms with Crippen LogP contribution in [0.1, 0.15) is 38.1 Å². The quantitative estimate of drug-likeness (QED) is 0.862. The van der Waals surface area contributed by atoms with Gasteiger partial charge < -0.3 is 15.0 Å². The number of nitrogens with one attached hydrogen (secondary N) is 1. The minimum atomic E-state index is -0.371. The van der Waals surface area contributed by atoms with Crippen molar-refractivity contribution in [2.75, 3.05) is 25.5 Å². The van der Waals surface area contributed by atoms with Gasteiger partial charge >= 0.3 is 5.97 Å². The molecule has 3 rings (SSSR count). The molecular formula is C17H19N3O3S. The number of hydrogen-bond acceptors (Lipinski definition) is 6. The van der Waals surface area contributed by atoms with E-state index in [1.165, 1.54) is 11.3 Å². The molecule has 2 aromatic heterocycles. The normalized spacial score (nSPS) is 14.1. The van der Waals surface area contributed by atoms with Gasteiger partial charge in [-0.05, 0) is 38.1 Å². The van der Waals surface area contributed by atoms with Crippen molar-refractivity contribution >= 4 is 28.2 Å². The Morgan fingerprint density at radius 1 is 1.38 bits per heavy atom. The molecule has 0 radical (unpaired) electrons. The summed E-state index contributed by atoms with van der Waals surface area (Å²) in [4.78, 5) is 32.1. The number of amides is 1. The first-order valence-corrected chi connectivity index (χ1v) is 8.63. The molecule has 0 fully saturated rings. The molecule has 0 bridgehead atoms. The smallest absolute Gasteiger partial charge is 0.341 e. The minimum absolute atomic E-state index is 0.255. The summed E-state index contributed by atoms with van der Waals surface area (Å²) in [6.45, 7) is 3.74. The number of likely N-dealkylation sites (N-methyl/N-ethyl adjacent to an activating group) is 1. The average Bonchev–Trinajstić information content (AvgIpc) is 2.92. The van der Waals surface area contributed by atoms with E-state index in [0.29, 0.717) is 22.7 Å². The summed E-state index contributed by atoms with van der Waals surface area (Å²) in [6, 6.07) is 3.28. The topological polar surface area (TPSA) is 71.5 Å². The lowest BCUT2D eigenvalue weighted by Crippen LogP contribution is -2.26. The molecule has 0 aromatic carbocycles. The van der Waals surface area contributed by atoms with Gasteiger partial charge in [0.2, 0.25) is 0 Å². The molecule has 6 nitrogen and oxygen atoms in total. The Morgan fingerprint density at radius 2 is 2.12 bits per heavy atom. The van der Waals surface area contributed by atoms with Crippen molar-refractivity contribution in [3.8, 4) is 0 Å². The molecule has 0 saturated heterocycles. The second-order valence-corrected chi connectivity index (χ2v) is 6.71. The lowest BCUT2D eigenvalue weighted by Gasteiger charge is -2.22. The predicted octanol–water partition coefficient (Wildman–Crippen LogP) is 2.56. The van der Waals surface area contributed by atoms with Gasteiger partial charge in [0, 0.05) is 35.9 Å². The van der Waals surface area contributed by atoms with Crippen molar-refractivity contribution in [2.45, 2.75) is 19.9 Å². The number of carbonyl (C=O) groups excluding carboxylic acids is 2. The molecule has 1 N–H and O–H groups in total. The number of anilines is 1. The lowest BCUT2D eigenvalue weighted by atomic mass is 10.0. The fourth-order valence-corrected chi connectivity index (χ4v) is 4.03. The number of pyridine rings is 1. The molecule has 0 unspecified atom stereocenters. The number of nitrogens with zero attached hydrogens (tertiary/aromatic N) is 2. The monoisotopic (exact) mass is 345 g/mol. The van der Waals surface area contributed by atoms with Gasteiger partial charge in [0.1, 0.15) is 5.00 Å². The molecule has 1 aliphatic heterocycles. The van der Waals surface area contributed by atoms with Gasteiger partial charge in [-0.15, -0.1) is 11.3 Å². The maximum absolute atomic E-state index is 12.4. The van der Waals surface area contributed by atoms with Crippen molar-refractivity contribution in [1.29, 1.82) is 0 Å². The highest BCUT2D eigenvalue weighted by Crippen LogP contribution is 2.37. The van der Waals surface area contributed by atoms with Crippen LogP contribution in [0.2, 0.25) is 0 Å². The van der Waals surface area contributed by atoms with Crippen molar-refractivity contribution in [3.63, 3.8) is 0 Å². The van der Waals surface area contributed by atoms with E-state index in [-0.39, 0.29) is 11.9 Å². The van der Waals surface area contributed by atoms with Crippen LogP contribution in [0.25, 0.3) is 0 Å². The van der Waals surface area contributed by atoms with E-state index in [1.807, 2.05) is 7.05 Å². The maximum Gasteiger partial charge on any atom is 0.341 e. The molecule has 0 spiro atoms. The number of aromatic nitrogens is 1. The standard InChI is InChI=1S/C17H19N3O3S/c1-3-23-17(22)14-12-6-9-20(2)10-13(12)24-16(14)19-15(21)11-4-7-18-8-5-11/h4-5,7-8H,3,6,9-10H2,1-2H3,(H,19,21). The fourth-order valence-electron chi connectivity index (χ4n) is 2.72. The summed E-state index contributed by atoms with van der Waals surface area (Å²) in [6.07, 6.45) is 3.91. The zero-order valence-electron chi connectivity index (χ0n) is 13.7. The van der Waals surface area contributed by atoms with Crippen LogP contribution < -0.4 is 5.32 Å².